The molecule has 0 amide bonds. The molecule has 19 heavy (non-hydrogen) atoms. The molecule has 1 fully saturated rings. The van der Waals surface area contributed by atoms with Gasteiger partial charge in [0, 0.05) is 30.3 Å². The van der Waals surface area contributed by atoms with E-state index in [0.29, 0.717) is 18.6 Å². The van der Waals surface area contributed by atoms with Crippen molar-refractivity contribution in [3.8, 4) is 0 Å². The summed E-state index contributed by atoms with van der Waals surface area (Å²) in [7, 11) is 1.71. The molecule has 1 saturated carbocycles. The zero-order valence-corrected chi connectivity index (χ0v) is 12.9. The van der Waals surface area contributed by atoms with E-state index in [-0.39, 0.29) is 12.6 Å². The van der Waals surface area contributed by atoms with E-state index < -0.39 is 0 Å². The second-order valence-electron chi connectivity index (χ2n) is 5.25. The molecular weight excluding hydrogens is 306 g/mol. The normalized spacial score (nSPS) is 23.9. The second kappa shape index (κ2) is 7.39. The van der Waals surface area contributed by atoms with Gasteiger partial charge in [-0.05, 0) is 42.9 Å². The Hall–Kier alpha value is -0.420. The van der Waals surface area contributed by atoms with Gasteiger partial charge in [-0.1, -0.05) is 28.1 Å². The predicted octanol–water partition coefficient (Wildman–Crippen LogP) is 2.68. The topological polar surface area (TPSA) is 41.5 Å². The lowest BCUT2D eigenvalue weighted by Gasteiger charge is -2.38. The minimum absolute atomic E-state index is 0.211. The van der Waals surface area contributed by atoms with E-state index in [9.17, 15) is 0 Å². The van der Waals surface area contributed by atoms with Crippen molar-refractivity contribution < 1.29 is 9.84 Å². The van der Waals surface area contributed by atoms with Crippen molar-refractivity contribution in [1.82, 2.24) is 5.32 Å². The SMILES string of the molecule is COCC(CCO)NC1CC(c2cccc(Br)c2)C1. The van der Waals surface area contributed by atoms with Gasteiger partial charge in [-0.15, -0.1) is 0 Å². The summed E-state index contributed by atoms with van der Waals surface area (Å²) in [6.45, 7) is 0.876. The molecule has 1 atom stereocenters. The van der Waals surface area contributed by atoms with E-state index in [1.165, 1.54) is 18.4 Å². The number of hydrogen-bond donors (Lipinski definition) is 2. The minimum atomic E-state index is 0.211. The number of benzene rings is 1. The van der Waals surface area contributed by atoms with E-state index >= 15 is 0 Å². The smallest absolute Gasteiger partial charge is 0.0616 e. The Balaban J connectivity index is 1.79. The zero-order valence-electron chi connectivity index (χ0n) is 11.3. The Morgan fingerprint density at radius 1 is 1.47 bits per heavy atom. The summed E-state index contributed by atoms with van der Waals surface area (Å²) in [6.07, 6.45) is 3.09. The molecule has 0 heterocycles. The fourth-order valence-corrected chi connectivity index (χ4v) is 3.11. The molecule has 3 nitrogen and oxygen atoms in total. The van der Waals surface area contributed by atoms with Crippen molar-refractivity contribution in [3.63, 3.8) is 0 Å². The third-order valence-corrected chi connectivity index (χ3v) is 4.27. The van der Waals surface area contributed by atoms with Crippen LogP contribution in [0.1, 0.15) is 30.7 Å². The van der Waals surface area contributed by atoms with Crippen LogP contribution in [0.3, 0.4) is 0 Å². The first-order valence-corrected chi connectivity index (χ1v) is 7.63. The molecule has 0 radical (unpaired) electrons. The Morgan fingerprint density at radius 3 is 2.89 bits per heavy atom. The summed E-state index contributed by atoms with van der Waals surface area (Å²) in [6, 6.07) is 9.39. The molecule has 2 rings (SSSR count). The van der Waals surface area contributed by atoms with Crippen molar-refractivity contribution in [3.05, 3.63) is 34.3 Å². The van der Waals surface area contributed by atoms with Crippen LogP contribution in [0, 0.1) is 0 Å². The van der Waals surface area contributed by atoms with Crippen molar-refractivity contribution in [2.24, 2.45) is 0 Å². The molecule has 1 unspecified atom stereocenters. The maximum Gasteiger partial charge on any atom is 0.0616 e. The number of rotatable bonds is 7. The van der Waals surface area contributed by atoms with Gasteiger partial charge in [-0.2, -0.15) is 0 Å². The molecule has 106 valence electrons. The Morgan fingerprint density at radius 2 is 2.26 bits per heavy atom. The molecular formula is C15H22BrNO2. The third-order valence-electron chi connectivity index (χ3n) is 3.77. The summed E-state index contributed by atoms with van der Waals surface area (Å²) in [5, 5.41) is 12.6. The van der Waals surface area contributed by atoms with Gasteiger partial charge in [-0.3, -0.25) is 0 Å². The Labute approximate surface area is 123 Å². The molecule has 0 saturated heterocycles. The van der Waals surface area contributed by atoms with Gasteiger partial charge in [0.25, 0.3) is 0 Å². The van der Waals surface area contributed by atoms with Crippen LogP contribution in [0.15, 0.2) is 28.7 Å². The minimum Gasteiger partial charge on any atom is -0.396 e. The first-order chi connectivity index (χ1) is 9.22. The Bertz CT molecular complexity index is 387. The summed E-state index contributed by atoms with van der Waals surface area (Å²) < 4.78 is 6.33. The standard InChI is InChI=1S/C15H22BrNO2/c1-19-10-14(5-6-18)17-15-8-12(9-15)11-3-2-4-13(16)7-11/h2-4,7,12,14-15,17-18H,5-6,8-10H2,1H3. The highest BCUT2D eigenvalue weighted by atomic mass is 79.9. The summed E-state index contributed by atoms with van der Waals surface area (Å²) in [4.78, 5) is 0. The summed E-state index contributed by atoms with van der Waals surface area (Å²) in [5.41, 5.74) is 1.41. The molecule has 1 aromatic rings. The molecule has 1 aliphatic rings. The van der Waals surface area contributed by atoms with E-state index in [1.807, 2.05) is 0 Å². The average Bonchev–Trinajstić information content (AvgIpc) is 2.33. The van der Waals surface area contributed by atoms with Crippen LogP contribution in [0.2, 0.25) is 0 Å². The maximum absolute atomic E-state index is 9.03. The molecule has 2 N–H and O–H groups in total. The number of ether oxygens (including phenoxy) is 1. The van der Waals surface area contributed by atoms with Crippen LogP contribution in [0.25, 0.3) is 0 Å². The van der Waals surface area contributed by atoms with Gasteiger partial charge in [0.1, 0.15) is 0 Å². The van der Waals surface area contributed by atoms with Crippen LogP contribution in [0.5, 0.6) is 0 Å². The maximum atomic E-state index is 9.03. The lowest BCUT2D eigenvalue weighted by Crippen LogP contribution is -2.47. The van der Waals surface area contributed by atoms with Crippen LogP contribution >= 0.6 is 15.9 Å². The van der Waals surface area contributed by atoms with Crippen molar-refractivity contribution >= 4 is 15.9 Å². The van der Waals surface area contributed by atoms with Gasteiger partial charge in [0.05, 0.1) is 6.61 Å². The van der Waals surface area contributed by atoms with Crippen LogP contribution < -0.4 is 5.32 Å². The van der Waals surface area contributed by atoms with Gasteiger partial charge >= 0.3 is 0 Å². The summed E-state index contributed by atoms with van der Waals surface area (Å²) in [5.74, 6) is 0.660. The number of methoxy groups -OCH3 is 1. The highest BCUT2D eigenvalue weighted by Crippen LogP contribution is 2.37. The predicted molar refractivity (Wildman–Crippen MR) is 80.4 cm³/mol. The molecule has 4 heteroatoms. The van der Waals surface area contributed by atoms with Crippen molar-refractivity contribution in [2.75, 3.05) is 20.3 Å². The highest BCUT2D eigenvalue weighted by molar-refractivity contribution is 9.10. The fourth-order valence-electron chi connectivity index (χ4n) is 2.69. The third kappa shape index (κ3) is 4.28. The van der Waals surface area contributed by atoms with Gasteiger partial charge in [0.15, 0.2) is 0 Å². The van der Waals surface area contributed by atoms with Crippen molar-refractivity contribution in [2.45, 2.75) is 37.3 Å². The molecule has 1 aromatic carbocycles. The monoisotopic (exact) mass is 327 g/mol. The number of nitrogens with one attached hydrogen (secondary N) is 1. The van der Waals surface area contributed by atoms with E-state index in [1.54, 1.807) is 7.11 Å². The zero-order chi connectivity index (χ0) is 13.7. The van der Waals surface area contributed by atoms with Crippen LogP contribution in [0.4, 0.5) is 0 Å². The first kappa shape index (κ1) is 15.0. The van der Waals surface area contributed by atoms with E-state index in [4.69, 9.17) is 9.84 Å². The van der Waals surface area contributed by atoms with E-state index in [2.05, 4.69) is 45.5 Å². The van der Waals surface area contributed by atoms with Gasteiger partial charge in [0.2, 0.25) is 0 Å². The first-order valence-electron chi connectivity index (χ1n) is 6.84. The van der Waals surface area contributed by atoms with Gasteiger partial charge < -0.3 is 15.2 Å². The lowest BCUT2D eigenvalue weighted by molar-refractivity contribution is 0.129. The molecule has 0 bridgehead atoms. The summed E-state index contributed by atoms with van der Waals surface area (Å²) >= 11 is 3.52. The van der Waals surface area contributed by atoms with Crippen LogP contribution in [-0.2, 0) is 4.74 Å². The van der Waals surface area contributed by atoms with E-state index in [0.717, 1.165) is 10.9 Å². The molecule has 0 spiro atoms. The highest BCUT2D eigenvalue weighted by Gasteiger charge is 2.31. The number of halogens is 1. The van der Waals surface area contributed by atoms with Crippen molar-refractivity contribution in [1.29, 1.82) is 0 Å². The number of hydrogen-bond acceptors (Lipinski definition) is 3. The molecule has 1 aliphatic carbocycles. The Kier molecular flexibility index (Phi) is 5.82. The number of aliphatic hydroxyl groups is 1. The fraction of sp³-hybridized carbons (Fsp3) is 0.600. The average molecular weight is 328 g/mol. The molecule has 0 aliphatic heterocycles. The lowest BCUT2D eigenvalue weighted by atomic mass is 9.75. The van der Waals surface area contributed by atoms with Gasteiger partial charge in [-0.25, -0.2) is 0 Å². The van der Waals surface area contributed by atoms with Crippen LogP contribution in [-0.4, -0.2) is 37.5 Å². The quantitative estimate of drug-likeness (QED) is 0.809. The second-order valence-corrected chi connectivity index (χ2v) is 6.17. The molecule has 0 aromatic heterocycles. The number of aliphatic hydroxyl groups excluding tert-OH is 1. The largest absolute Gasteiger partial charge is 0.396 e.